The van der Waals surface area contributed by atoms with Crippen molar-refractivity contribution in [1.82, 2.24) is 10.4 Å². The summed E-state index contributed by atoms with van der Waals surface area (Å²) in [5.41, 5.74) is 2.66. The van der Waals surface area contributed by atoms with Crippen molar-refractivity contribution < 1.29 is 9.57 Å². The van der Waals surface area contributed by atoms with Crippen LogP contribution in [0.15, 0.2) is 0 Å². The minimum absolute atomic E-state index is 0.369. The maximum Gasteiger partial charge on any atom is 0.0809 e. The Hall–Kier alpha value is -0.160. The fourth-order valence-electron chi connectivity index (χ4n) is 1.37. The molecule has 1 heterocycles. The second-order valence-electron chi connectivity index (χ2n) is 3.03. The molecule has 0 aromatic rings. The first-order chi connectivity index (χ1) is 5.83. The van der Waals surface area contributed by atoms with Crippen LogP contribution in [0, 0.1) is 0 Å². The molecule has 1 aliphatic rings. The van der Waals surface area contributed by atoms with E-state index in [-0.39, 0.29) is 0 Å². The minimum Gasteiger partial charge on any atom is -0.376 e. The van der Waals surface area contributed by atoms with Crippen LogP contribution in [-0.4, -0.2) is 50.9 Å². The molecule has 0 radical (unpaired) electrons. The van der Waals surface area contributed by atoms with Gasteiger partial charge in [0.05, 0.1) is 19.3 Å². The number of hydroxylamine groups is 1. The lowest BCUT2D eigenvalue weighted by Crippen LogP contribution is -2.42. The van der Waals surface area contributed by atoms with Gasteiger partial charge in [-0.15, -0.1) is 0 Å². The van der Waals surface area contributed by atoms with Crippen LogP contribution < -0.4 is 5.48 Å². The highest BCUT2D eigenvalue weighted by molar-refractivity contribution is 4.66. The molecule has 1 unspecified atom stereocenters. The predicted molar refractivity (Wildman–Crippen MR) is 46.9 cm³/mol. The van der Waals surface area contributed by atoms with Crippen molar-refractivity contribution in [2.75, 3.05) is 39.9 Å². The molecule has 1 N–H and O–H groups in total. The number of nitrogens with one attached hydrogen (secondary N) is 1. The predicted octanol–water partition coefficient (Wildman–Crippen LogP) is -0.142. The summed E-state index contributed by atoms with van der Waals surface area (Å²) in [5, 5.41) is 0. The van der Waals surface area contributed by atoms with Gasteiger partial charge in [0, 0.05) is 26.7 Å². The Kier molecular flexibility index (Phi) is 4.53. The van der Waals surface area contributed by atoms with Crippen LogP contribution in [0.4, 0.5) is 0 Å². The zero-order chi connectivity index (χ0) is 8.81. The summed E-state index contributed by atoms with van der Waals surface area (Å²) in [5.74, 6) is 0. The molecule has 0 amide bonds. The molecule has 0 aliphatic carbocycles. The molecule has 0 saturated carbocycles. The van der Waals surface area contributed by atoms with E-state index in [9.17, 15) is 0 Å². The summed E-state index contributed by atoms with van der Waals surface area (Å²) in [4.78, 5) is 7.39. The number of morpholine rings is 1. The van der Waals surface area contributed by atoms with Gasteiger partial charge in [0.15, 0.2) is 0 Å². The van der Waals surface area contributed by atoms with Crippen molar-refractivity contribution in [2.24, 2.45) is 0 Å². The summed E-state index contributed by atoms with van der Waals surface area (Å²) in [6.07, 6.45) is 0.369. The van der Waals surface area contributed by atoms with Gasteiger partial charge in [0.25, 0.3) is 0 Å². The van der Waals surface area contributed by atoms with Gasteiger partial charge >= 0.3 is 0 Å². The number of rotatable bonds is 4. The first kappa shape index (κ1) is 9.92. The molecule has 1 atom stereocenters. The molecule has 1 rings (SSSR count). The highest BCUT2D eigenvalue weighted by Gasteiger charge is 2.15. The summed E-state index contributed by atoms with van der Waals surface area (Å²) in [7, 11) is 1.78. The van der Waals surface area contributed by atoms with Crippen LogP contribution in [0.2, 0.25) is 0 Å². The Bertz CT molecular complexity index is 122. The van der Waals surface area contributed by atoms with Crippen molar-refractivity contribution in [3.8, 4) is 0 Å². The van der Waals surface area contributed by atoms with Gasteiger partial charge in [0.1, 0.15) is 0 Å². The quantitative estimate of drug-likeness (QED) is 0.475. The van der Waals surface area contributed by atoms with Crippen molar-refractivity contribution in [3.63, 3.8) is 0 Å². The van der Waals surface area contributed by atoms with Crippen molar-refractivity contribution in [2.45, 2.75) is 13.0 Å². The molecule has 72 valence electrons. The first-order valence-electron chi connectivity index (χ1n) is 4.45. The third kappa shape index (κ3) is 3.49. The van der Waals surface area contributed by atoms with Crippen LogP contribution >= 0.6 is 0 Å². The second kappa shape index (κ2) is 5.48. The summed E-state index contributed by atoms with van der Waals surface area (Å²) < 4.78 is 5.42. The molecule has 0 bridgehead atoms. The molecule has 0 aromatic heterocycles. The van der Waals surface area contributed by atoms with E-state index in [1.165, 1.54) is 0 Å². The van der Waals surface area contributed by atoms with E-state index in [2.05, 4.69) is 17.3 Å². The number of ether oxygens (including phenoxy) is 1. The van der Waals surface area contributed by atoms with Crippen LogP contribution in [0.1, 0.15) is 6.92 Å². The summed E-state index contributed by atoms with van der Waals surface area (Å²) in [6.45, 7) is 6.72. The molecule has 12 heavy (non-hydrogen) atoms. The first-order valence-corrected chi connectivity index (χ1v) is 4.45. The Labute approximate surface area is 73.8 Å². The van der Waals surface area contributed by atoms with Gasteiger partial charge in [0.2, 0.25) is 0 Å². The van der Waals surface area contributed by atoms with Crippen molar-refractivity contribution in [1.29, 1.82) is 0 Å². The number of hydrogen-bond acceptors (Lipinski definition) is 4. The normalized spacial score (nSPS) is 26.0. The molecule has 4 heteroatoms. The zero-order valence-corrected chi connectivity index (χ0v) is 7.88. The van der Waals surface area contributed by atoms with E-state index in [1.807, 2.05) is 0 Å². The molecule has 4 nitrogen and oxygen atoms in total. The van der Waals surface area contributed by atoms with Crippen LogP contribution in [0.25, 0.3) is 0 Å². The molecule has 0 aromatic carbocycles. The monoisotopic (exact) mass is 174 g/mol. The van der Waals surface area contributed by atoms with Crippen LogP contribution in [0.5, 0.6) is 0 Å². The Morgan fingerprint density at radius 3 is 3.17 bits per heavy atom. The molecular weight excluding hydrogens is 156 g/mol. The smallest absolute Gasteiger partial charge is 0.0809 e. The van der Waals surface area contributed by atoms with Gasteiger partial charge < -0.3 is 9.57 Å². The fourth-order valence-corrected chi connectivity index (χ4v) is 1.37. The second-order valence-corrected chi connectivity index (χ2v) is 3.03. The van der Waals surface area contributed by atoms with Gasteiger partial charge in [-0.3, -0.25) is 4.90 Å². The minimum atomic E-state index is 0.369. The van der Waals surface area contributed by atoms with E-state index >= 15 is 0 Å². The van der Waals surface area contributed by atoms with E-state index in [4.69, 9.17) is 9.57 Å². The lowest BCUT2D eigenvalue weighted by atomic mass is 10.3. The van der Waals surface area contributed by atoms with E-state index < -0.39 is 0 Å². The standard InChI is InChI=1S/C8H18N2O2/c1-8-7-10(3-5-11-8)4-6-12-9-2/h8-9H,3-7H2,1-2H3. The summed E-state index contributed by atoms with van der Waals surface area (Å²) >= 11 is 0. The van der Waals surface area contributed by atoms with Crippen LogP contribution in [-0.2, 0) is 9.57 Å². The average molecular weight is 174 g/mol. The molecular formula is C8H18N2O2. The van der Waals surface area contributed by atoms with E-state index in [1.54, 1.807) is 7.05 Å². The SMILES string of the molecule is CNOCCN1CCOC(C)C1. The maximum absolute atomic E-state index is 5.42. The lowest BCUT2D eigenvalue weighted by molar-refractivity contribution is -0.0343. The molecule has 0 spiro atoms. The van der Waals surface area contributed by atoms with Gasteiger partial charge in [-0.05, 0) is 6.92 Å². The van der Waals surface area contributed by atoms with Crippen molar-refractivity contribution in [3.05, 3.63) is 0 Å². The largest absolute Gasteiger partial charge is 0.376 e. The van der Waals surface area contributed by atoms with Crippen LogP contribution in [0.3, 0.4) is 0 Å². The van der Waals surface area contributed by atoms with Gasteiger partial charge in [-0.1, -0.05) is 0 Å². The van der Waals surface area contributed by atoms with E-state index in [0.717, 1.165) is 32.8 Å². The Balaban J connectivity index is 2.06. The third-order valence-electron chi connectivity index (χ3n) is 1.98. The molecule has 1 saturated heterocycles. The van der Waals surface area contributed by atoms with E-state index in [0.29, 0.717) is 6.10 Å². The third-order valence-corrected chi connectivity index (χ3v) is 1.98. The zero-order valence-electron chi connectivity index (χ0n) is 7.88. The summed E-state index contributed by atoms with van der Waals surface area (Å²) in [6, 6.07) is 0. The molecule has 1 aliphatic heterocycles. The number of hydrogen-bond donors (Lipinski definition) is 1. The Morgan fingerprint density at radius 1 is 1.67 bits per heavy atom. The number of nitrogens with zero attached hydrogens (tertiary/aromatic N) is 1. The highest BCUT2D eigenvalue weighted by Crippen LogP contribution is 2.02. The fraction of sp³-hybridized carbons (Fsp3) is 1.00. The maximum atomic E-state index is 5.42. The van der Waals surface area contributed by atoms with Crippen molar-refractivity contribution >= 4 is 0 Å². The Morgan fingerprint density at radius 2 is 2.50 bits per heavy atom. The van der Waals surface area contributed by atoms with Gasteiger partial charge in [-0.2, -0.15) is 0 Å². The topological polar surface area (TPSA) is 33.7 Å². The van der Waals surface area contributed by atoms with Gasteiger partial charge in [-0.25, -0.2) is 5.48 Å². The average Bonchev–Trinajstić information content (AvgIpc) is 2.05. The highest BCUT2D eigenvalue weighted by atomic mass is 16.6. The lowest BCUT2D eigenvalue weighted by Gasteiger charge is -2.30. The molecule has 1 fully saturated rings.